The Bertz CT molecular complexity index is 1340. The molecule has 0 heterocycles. The van der Waals surface area contributed by atoms with Crippen LogP contribution in [0.1, 0.15) is 136 Å². The van der Waals surface area contributed by atoms with Crippen LogP contribution in [-0.4, -0.2) is 110 Å². The van der Waals surface area contributed by atoms with Crippen LogP contribution in [0.2, 0.25) is 0 Å². The van der Waals surface area contributed by atoms with Gasteiger partial charge in [-0.1, -0.05) is 125 Å². The van der Waals surface area contributed by atoms with Crippen LogP contribution in [0.25, 0.3) is 0 Å². The predicted octanol–water partition coefficient (Wildman–Crippen LogP) is 6.91. The molecule has 1 saturated carbocycles. The van der Waals surface area contributed by atoms with Crippen LogP contribution in [0.3, 0.4) is 0 Å². The molecule has 0 radical (unpaired) electrons. The molecule has 1 aliphatic rings. The fraction of sp³-hybridized carbons (Fsp3) is 0.689. The number of carbonyl (C=O) groups excluding carboxylic acids is 2. The Morgan fingerprint density at radius 1 is 0.617 bits per heavy atom. The van der Waals surface area contributed by atoms with E-state index in [0.29, 0.717) is 6.42 Å². The van der Waals surface area contributed by atoms with E-state index >= 15 is 0 Å². The van der Waals surface area contributed by atoms with Crippen LogP contribution in [0, 0.1) is 0 Å². The van der Waals surface area contributed by atoms with Crippen molar-refractivity contribution in [2.75, 3.05) is 13.2 Å². The highest BCUT2D eigenvalue weighted by Crippen LogP contribution is 2.47. The van der Waals surface area contributed by atoms with E-state index in [9.17, 15) is 49.7 Å². The summed E-state index contributed by atoms with van der Waals surface area (Å²) in [5.41, 5.74) is 0. The minimum Gasteiger partial charge on any atom is -0.462 e. The number of aliphatic hydroxyl groups is 6. The molecule has 0 spiro atoms. The first-order valence-corrected chi connectivity index (χ1v) is 23.3. The number of allylic oxidation sites excluding steroid dienone is 11. The van der Waals surface area contributed by atoms with Gasteiger partial charge in [-0.25, -0.2) is 4.57 Å². The molecule has 0 aromatic rings. The van der Waals surface area contributed by atoms with Gasteiger partial charge in [0.1, 0.15) is 43.2 Å². The standard InChI is InChI=1S/C45H75O14P/c1-3-5-7-9-11-13-15-17-19-21-23-25-27-30-36(46)31-29-33-38(47)56-34-37(35-57-60(54,55)59-45-43(52)41(50)40(49)42(51)44(45)53)58-39(48)32-28-26-24-22-20-18-16-14-12-10-8-6-4-2/h5,7,11,13-14,16-17,19,23,25,27,30,36-37,40-46,49-53H,3-4,6,8-10,12,15,18,20-22,24,26,28-29,31-35H2,1-2H3,(H,54,55)/b7-5-,13-11-,16-14-,19-17-,25-23-,30-27+/t36?,37-,40?,41-,42+,43-,44-,45?/m1/s1. The van der Waals surface area contributed by atoms with Crippen molar-refractivity contribution in [2.24, 2.45) is 0 Å². The normalized spacial score (nSPS) is 23.4. The Morgan fingerprint density at radius 3 is 1.77 bits per heavy atom. The topological polar surface area (TPSA) is 230 Å². The molecule has 15 heteroatoms. The molecule has 60 heavy (non-hydrogen) atoms. The first-order valence-electron chi connectivity index (χ1n) is 21.8. The zero-order valence-corrected chi connectivity index (χ0v) is 36.7. The summed E-state index contributed by atoms with van der Waals surface area (Å²) < 4.78 is 33.3. The third kappa shape index (κ3) is 27.2. The highest BCUT2D eigenvalue weighted by atomic mass is 31.2. The first kappa shape index (κ1) is 55.3. The Labute approximate surface area is 358 Å². The van der Waals surface area contributed by atoms with Gasteiger partial charge in [0, 0.05) is 12.8 Å². The number of phosphoric ester groups is 1. The summed E-state index contributed by atoms with van der Waals surface area (Å²) in [5.74, 6) is -1.32. The lowest BCUT2D eigenvalue weighted by atomic mass is 9.85. The Balaban J connectivity index is 2.59. The lowest BCUT2D eigenvalue weighted by Gasteiger charge is -2.41. The molecule has 0 aromatic heterocycles. The van der Waals surface area contributed by atoms with Crippen LogP contribution in [-0.2, 0) is 32.7 Å². The van der Waals surface area contributed by atoms with Crippen molar-refractivity contribution in [2.45, 2.75) is 185 Å². The van der Waals surface area contributed by atoms with Gasteiger partial charge in [0.05, 0.1) is 12.7 Å². The van der Waals surface area contributed by atoms with Crippen LogP contribution >= 0.6 is 7.82 Å². The highest BCUT2D eigenvalue weighted by molar-refractivity contribution is 7.47. The number of rotatable bonds is 34. The second-order valence-corrected chi connectivity index (χ2v) is 16.4. The fourth-order valence-corrected chi connectivity index (χ4v) is 7.05. The van der Waals surface area contributed by atoms with Gasteiger partial charge in [-0.3, -0.25) is 18.6 Å². The highest BCUT2D eigenvalue weighted by Gasteiger charge is 2.51. The summed E-state index contributed by atoms with van der Waals surface area (Å²) in [4.78, 5) is 35.6. The van der Waals surface area contributed by atoms with Gasteiger partial charge in [-0.05, 0) is 70.6 Å². The van der Waals surface area contributed by atoms with E-state index in [4.69, 9.17) is 18.5 Å². The first-order chi connectivity index (χ1) is 28.8. The van der Waals surface area contributed by atoms with Gasteiger partial charge in [-0.2, -0.15) is 0 Å². The lowest BCUT2D eigenvalue weighted by molar-refractivity contribution is -0.220. The third-order valence-electron chi connectivity index (χ3n) is 9.64. The van der Waals surface area contributed by atoms with Gasteiger partial charge in [0.15, 0.2) is 6.10 Å². The molecule has 1 fully saturated rings. The minimum absolute atomic E-state index is 0.0419. The van der Waals surface area contributed by atoms with Crippen molar-refractivity contribution >= 4 is 19.8 Å². The summed E-state index contributed by atoms with van der Waals surface area (Å²) in [5, 5.41) is 60.3. The Hall–Kier alpha value is -2.75. The average molecular weight is 871 g/mol. The Morgan fingerprint density at radius 2 is 1.15 bits per heavy atom. The van der Waals surface area contributed by atoms with E-state index < -0.39 is 81.8 Å². The smallest absolute Gasteiger partial charge is 0.462 e. The summed E-state index contributed by atoms with van der Waals surface area (Å²) >= 11 is 0. The average Bonchev–Trinajstić information content (AvgIpc) is 3.22. The SMILES string of the molecule is CC/C=C\C/C=C\C/C=C\C/C=C\C=C\C(O)CCCC(=O)OC[C@H](COP(=O)(O)OC1[C@H](O)[C@H](O)C(O)[C@H](O)[C@H]1O)OC(=O)CCCCCCC/C=C\CCCCCC. The molecule has 1 rings (SSSR count). The second kappa shape index (κ2) is 34.8. The van der Waals surface area contributed by atoms with E-state index in [0.717, 1.165) is 64.2 Å². The van der Waals surface area contributed by atoms with Gasteiger partial charge in [0.2, 0.25) is 0 Å². The van der Waals surface area contributed by atoms with E-state index in [1.54, 1.807) is 12.2 Å². The fourth-order valence-electron chi connectivity index (χ4n) is 6.07. The van der Waals surface area contributed by atoms with Crippen LogP contribution in [0.5, 0.6) is 0 Å². The van der Waals surface area contributed by atoms with E-state index in [-0.39, 0.29) is 25.7 Å². The molecule has 7 N–H and O–H groups in total. The van der Waals surface area contributed by atoms with E-state index in [1.165, 1.54) is 25.7 Å². The molecule has 14 nitrogen and oxygen atoms in total. The van der Waals surface area contributed by atoms with Crippen molar-refractivity contribution in [3.8, 4) is 0 Å². The van der Waals surface area contributed by atoms with Crippen LogP contribution in [0.4, 0.5) is 0 Å². The molecule has 0 aromatic carbocycles. The molecular formula is C45H75O14P. The molecule has 0 aliphatic heterocycles. The maximum absolute atomic E-state index is 12.8. The summed E-state index contributed by atoms with van der Waals surface area (Å²) in [7, 11) is -5.17. The van der Waals surface area contributed by atoms with Crippen LogP contribution < -0.4 is 0 Å². The maximum atomic E-state index is 12.8. The number of hydrogen-bond acceptors (Lipinski definition) is 13. The summed E-state index contributed by atoms with van der Waals surface area (Å²) in [6.07, 6.45) is 25.6. The van der Waals surface area contributed by atoms with Crippen molar-refractivity contribution in [3.63, 3.8) is 0 Å². The molecule has 344 valence electrons. The molecule has 4 unspecified atom stereocenters. The number of carbonyl (C=O) groups is 2. The summed E-state index contributed by atoms with van der Waals surface area (Å²) in [6.45, 7) is 2.96. The Kier molecular flexibility index (Phi) is 32.0. The van der Waals surface area contributed by atoms with Crippen molar-refractivity contribution < 1.29 is 68.2 Å². The minimum atomic E-state index is -5.17. The van der Waals surface area contributed by atoms with E-state index in [2.05, 4.69) is 62.5 Å². The van der Waals surface area contributed by atoms with E-state index in [1.807, 2.05) is 12.2 Å². The van der Waals surface area contributed by atoms with Crippen LogP contribution in [0.15, 0.2) is 72.9 Å². The molecule has 1 aliphatic carbocycles. The summed E-state index contributed by atoms with van der Waals surface area (Å²) in [6, 6.07) is 0. The lowest BCUT2D eigenvalue weighted by Crippen LogP contribution is -2.64. The molecule has 0 amide bonds. The quantitative estimate of drug-likeness (QED) is 0.0115. The number of esters is 2. The van der Waals surface area contributed by atoms with Crippen molar-refractivity contribution in [3.05, 3.63) is 72.9 Å². The van der Waals surface area contributed by atoms with Gasteiger partial charge >= 0.3 is 19.8 Å². The second-order valence-electron chi connectivity index (χ2n) is 15.0. The predicted molar refractivity (Wildman–Crippen MR) is 231 cm³/mol. The molecule has 0 saturated heterocycles. The van der Waals surface area contributed by atoms with Crippen molar-refractivity contribution in [1.82, 2.24) is 0 Å². The van der Waals surface area contributed by atoms with Gasteiger partial charge < -0.3 is 45.0 Å². The third-order valence-corrected chi connectivity index (χ3v) is 10.6. The van der Waals surface area contributed by atoms with Gasteiger partial charge in [-0.15, -0.1) is 0 Å². The molecular weight excluding hydrogens is 795 g/mol. The number of hydrogen-bond donors (Lipinski definition) is 7. The number of aliphatic hydroxyl groups excluding tert-OH is 6. The number of unbranched alkanes of at least 4 members (excludes halogenated alkanes) is 9. The molecule has 0 bridgehead atoms. The maximum Gasteiger partial charge on any atom is 0.472 e. The monoisotopic (exact) mass is 870 g/mol. The van der Waals surface area contributed by atoms with Gasteiger partial charge in [0.25, 0.3) is 0 Å². The van der Waals surface area contributed by atoms with Crippen molar-refractivity contribution in [1.29, 1.82) is 0 Å². The largest absolute Gasteiger partial charge is 0.472 e. The molecule has 9 atom stereocenters. The number of phosphoric acid groups is 1. The number of ether oxygens (including phenoxy) is 2. The zero-order valence-electron chi connectivity index (χ0n) is 35.8. The zero-order chi connectivity index (χ0) is 44.4.